The molecule has 0 spiro atoms. The van der Waals surface area contributed by atoms with E-state index < -0.39 is 24.7 Å². The number of carbonyl (C=O) groups excluding carboxylic acids is 2. The van der Waals surface area contributed by atoms with Crippen LogP contribution in [0.3, 0.4) is 0 Å². The first-order valence-corrected chi connectivity index (χ1v) is 15.3. The van der Waals surface area contributed by atoms with Gasteiger partial charge in [-0.2, -0.15) is 5.10 Å². The fourth-order valence-corrected chi connectivity index (χ4v) is 7.81. The monoisotopic (exact) mass is 561 g/mol. The van der Waals surface area contributed by atoms with E-state index in [0.29, 0.717) is 43.4 Å². The van der Waals surface area contributed by atoms with Crippen LogP contribution >= 0.6 is 39.1 Å². The maximum atomic E-state index is 13.4. The molecule has 0 N–H and O–H groups in total. The second-order valence-corrected chi connectivity index (χ2v) is 15.7. The zero-order valence-electron chi connectivity index (χ0n) is 16.8. The lowest BCUT2D eigenvalue weighted by Gasteiger charge is -2.35. The van der Waals surface area contributed by atoms with Crippen LogP contribution < -0.4 is 0 Å². The fraction of sp³-hybridized carbons (Fsp3) is 0.688. The number of halogens is 1. The molecule has 1 atom stereocenters. The number of carbonyl (C=O) groups is 2. The van der Waals surface area contributed by atoms with Crippen molar-refractivity contribution < 1.29 is 22.2 Å². The Labute approximate surface area is 184 Å². The maximum absolute atomic E-state index is 13.4. The Morgan fingerprint density at radius 1 is 1.50 bits per heavy atom. The summed E-state index contributed by atoms with van der Waals surface area (Å²) < 4.78 is 39.1. The molecule has 1 saturated carbocycles. The van der Waals surface area contributed by atoms with Gasteiger partial charge in [0.05, 0.1) is 17.4 Å². The normalized spacial score (nSPS) is 20.5. The van der Waals surface area contributed by atoms with Crippen molar-refractivity contribution in [1.29, 1.82) is 1.28 Å². The Morgan fingerprint density at radius 2 is 2.18 bits per heavy atom. The number of amides is 1. The largest absolute Gasteiger partial charge is 0.335 e. The highest BCUT2D eigenvalue weighted by Crippen LogP contribution is 2.50. The lowest BCUT2D eigenvalue weighted by Crippen LogP contribution is -2.51. The van der Waals surface area contributed by atoms with Crippen LogP contribution in [0.5, 0.6) is 0 Å². The smallest absolute Gasteiger partial charge is 0.272 e. The van der Waals surface area contributed by atoms with Crippen LogP contribution in [0.15, 0.2) is 0 Å². The van der Waals surface area contributed by atoms with E-state index in [1.165, 1.54) is 4.68 Å². The summed E-state index contributed by atoms with van der Waals surface area (Å²) in [5.74, 6) is -0.287. The molecule has 1 aromatic heterocycles. The third-order valence-corrected chi connectivity index (χ3v) is 10.9. The highest BCUT2D eigenvalue weighted by molar-refractivity contribution is 14.2. The van der Waals surface area contributed by atoms with E-state index in [2.05, 4.69) is 5.10 Å². The molecule has 1 amide bonds. The van der Waals surface area contributed by atoms with Gasteiger partial charge in [0.15, 0.2) is 16.1 Å². The van der Waals surface area contributed by atoms with Gasteiger partial charge < -0.3 is 9.08 Å². The van der Waals surface area contributed by atoms with E-state index in [1.54, 1.807) is 25.8 Å². The van der Waals surface area contributed by atoms with Crippen molar-refractivity contribution in [3.05, 3.63) is 17.0 Å². The van der Waals surface area contributed by atoms with Crippen molar-refractivity contribution in [2.45, 2.75) is 42.6 Å². The SMILES string of the molecule is [3H]P(I)SOCC(C)(C)S(=O)(=O)C1(CN2CCc3c(C=O)nn(C)c3C2=O)CC1. The minimum atomic E-state index is -3.60. The molecular formula is C16H23IN3O5PS2. The van der Waals surface area contributed by atoms with E-state index in [4.69, 9.17) is 5.46 Å². The quantitative estimate of drug-likeness (QED) is 0.198. The number of hydrogen-bond donors (Lipinski definition) is 0. The fourth-order valence-electron chi connectivity index (χ4n) is 3.70. The van der Waals surface area contributed by atoms with Gasteiger partial charge in [0.2, 0.25) is 0 Å². The molecule has 1 aliphatic carbocycles. The predicted octanol–water partition coefficient (Wildman–Crippen LogP) is 2.57. The summed E-state index contributed by atoms with van der Waals surface area (Å²) in [4.78, 5) is 25.8. The van der Waals surface area contributed by atoms with Gasteiger partial charge in [-0.15, -0.1) is 0 Å². The lowest BCUT2D eigenvalue weighted by atomic mass is 10.0. The summed E-state index contributed by atoms with van der Waals surface area (Å²) in [6.07, 6.45) is 2.13. The summed E-state index contributed by atoms with van der Waals surface area (Å²) in [7, 11) is -1.99. The van der Waals surface area contributed by atoms with E-state index >= 15 is 0 Å². The number of sulfone groups is 1. The van der Waals surface area contributed by atoms with Gasteiger partial charge in [0.1, 0.15) is 11.4 Å². The van der Waals surface area contributed by atoms with Crippen LogP contribution in [0, 0.1) is 0 Å². The van der Waals surface area contributed by atoms with Crippen molar-refractivity contribution in [1.82, 2.24) is 14.7 Å². The Balaban J connectivity index is 1.78. The number of nitrogens with zero attached hydrogens (tertiary/aromatic N) is 3. The van der Waals surface area contributed by atoms with E-state index in [1.807, 2.05) is 22.0 Å². The number of fused-ring (bicyclic) bond motifs is 1. The van der Waals surface area contributed by atoms with Crippen molar-refractivity contribution >= 4 is 61.1 Å². The summed E-state index contributed by atoms with van der Waals surface area (Å²) in [5, 5.41) is 2.98. The number of aryl methyl sites for hydroxylation is 1. The van der Waals surface area contributed by atoms with Crippen LogP contribution in [-0.2, 0) is 27.5 Å². The third kappa shape index (κ3) is 3.77. The van der Waals surface area contributed by atoms with Crippen LogP contribution in [0.1, 0.15) is 53.2 Å². The minimum Gasteiger partial charge on any atom is -0.335 e. The molecule has 2 aliphatic rings. The summed E-state index contributed by atoms with van der Waals surface area (Å²) in [5.41, 5.74) is 1.26. The molecule has 1 aromatic rings. The van der Waals surface area contributed by atoms with Gasteiger partial charge in [0, 0.05) is 42.7 Å². The molecule has 12 heteroatoms. The standard InChI is InChI=1S/C16H23IN3O5PS2/c1-15(2,10-25-27-26-17)28(23,24)16(5-6-16)9-20-7-4-11-12(8-21)18-19(3)13(11)14(20)22/h8,26H,4-7,9-10H2,1-3H3/i26T. The van der Waals surface area contributed by atoms with E-state index in [9.17, 15) is 18.0 Å². The molecule has 1 aliphatic heterocycles. The molecule has 1 unspecified atom stereocenters. The van der Waals surface area contributed by atoms with Crippen LogP contribution in [0.4, 0.5) is 0 Å². The van der Waals surface area contributed by atoms with Crippen LogP contribution in [0.2, 0.25) is 0 Å². The number of rotatable bonds is 9. The van der Waals surface area contributed by atoms with Gasteiger partial charge in [-0.05, 0) is 55.2 Å². The van der Waals surface area contributed by atoms with Crippen LogP contribution in [0.25, 0.3) is 0 Å². The van der Waals surface area contributed by atoms with Gasteiger partial charge in [-0.25, -0.2) is 8.42 Å². The maximum Gasteiger partial charge on any atom is 0.272 e. The molecule has 3 rings (SSSR count). The zero-order chi connectivity index (χ0) is 21.6. The molecule has 2 heterocycles. The Bertz CT molecular complexity index is 933. The van der Waals surface area contributed by atoms with E-state index in [-0.39, 0.29) is 24.8 Å². The molecule has 8 nitrogen and oxygen atoms in total. The molecule has 0 bridgehead atoms. The number of hydrogen-bond acceptors (Lipinski definition) is 7. The Kier molecular flexibility index (Phi) is 6.10. The lowest BCUT2D eigenvalue weighted by molar-refractivity contribution is 0.0724. The molecular weight excluding hydrogens is 536 g/mol. The molecule has 28 heavy (non-hydrogen) atoms. The van der Waals surface area contributed by atoms with Crippen molar-refractivity contribution in [2.24, 2.45) is 7.05 Å². The first kappa shape index (κ1) is 21.0. The summed E-state index contributed by atoms with van der Waals surface area (Å²) >= 11 is 2.93. The van der Waals surface area contributed by atoms with Crippen molar-refractivity contribution in [2.75, 3.05) is 19.7 Å². The topological polar surface area (TPSA) is 98.6 Å². The van der Waals surface area contributed by atoms with Gasteiger partial charge in [-0.3, -0.25) is 14.3 Å². The highest BCUT2D eigenvalue weighted by Gasteiger charge is 2.61. The van der Waals surface area contributed by atoms with Crippen molar-refractivity contribution in [3.63, 3.8) is 0 Å². The van der Waals surface area contributed by atoms with Gasteiger partial charge in [-0.1, -0.05) is 0 Å². The van der Waals surface area contributed by atoms with Crippen molar-refractivity contribution in [3.8, 4) is 0 Å². The molecule has 156 valence electrons. The molecule has 0 aromatic carbocycles. The zero-order valence-corrected chi connectivity index (χ0v) is 20.5. The van der Waals surface area contributed by atoms with Crippen LogP contribution in [-0.4, -0.2) is 65.8 Å². The second kappa shape index (κ2) is 8.13. The highest BCUT2D eigenvalue weighted by atomic mass is 127. The minimum absolute atomic E-state index is 0.00894. The summed E-state index contributed by atoms with van der Waals surface area (Å²) in [6.45, 7) is 3.75. The number of aldehydes is 1. The molecule has 0 radical (unpaired) electrons. The van der Waals surface area contributed by atoms with Gasteiger partial charge >= 0.3 is 0 Å². The Hall–Kier alpha value is -0.230. The predicted molar refractivity (Wildman–Crippen MR) is 119 cm³/mol. The first-order valence-electron chi connectivity index (χ1n) is 9.19. The first-order chi connectivity index (χ1) is 13.5. The summed E-state index contributed by atoms with van der Waals surface area (Å²) in [6, 6.07) is 0. The Morgan fingerprint density at radius 3 is 2.75 bits per heavy atom. The average Bonchev–Trinajstić information content (AvgIpc) is 3.34. The van der Waals surface area contributed by atoms with Gasteiger partial charge in [0.25, 0.3) is 5.91 Å². The molecule has 0 saturated heterocycles. The third-order valence-electron chi connectivity index (χ3n) is 5.48. The number of aromatic nitrogens is 2. The van der Waals surface area contributed by atoms with E-state index in [0.717, 1.165) is 11.7 Å². The average molecular weight is 561 g/mol. The second-order valence-electron chi connectivity index (χ2n) is 7.78. The molecule has 1 fully saturated rings.